The molecule has 4 nitrogen and oxygen atoms in total. The van der Waals surface area contributed by atoms with Crippen LogP contribution in [0.4, 0.5) is 0 Å². The molecule has 1 heterocycles. The van der Waals surface area contributed by atoms with Crippen molar-refractivity contribution in [3.8, 4) is 5.75 Å². The van der Waals surface area contributed by atoms with E-state index in [2.05, 4.69) is 4.98 Å². The highest BCUT2D eigenvalue weighted by atomic mass is 16.5. The third-order valence-electron chi connectivity index (χ3n) is 1.64. The standard InChI is InChI=1S/C9H14N2O2/c1-2-13-7-3-4-11-9(5-7)8(10)6-12/h3-5,8,12H,2,6,10H2,1H3. The Morgan fingerprint density at radius 3 is 3.08 bits per heavy atom. The summed E-state index contributed by atoms with van der Waals surface area (Å²) in [6.45, 7) is 2.41. The number of nitrogens with two attached hydrogens (primary N) is 1. The second kappa shape index (κ2) is 4.79. The van der Waals surface area contributed by atoms with E-state index in [9.17, 15) is 0 Å². The van der Waals surface area contributed by atoms with E-state index in [-0.39, 0.29) is 6.61 Å². The van der Waals surface area contributed by atoms with Gasteiger partial charge in [0.1, 0.15) is 5.75 Å². The number of pyridine rings is 1. The SMILES string of the molecule is CCOc1ccnc(C(N)CO)c1. The van der Waals surface area contributed by atoms with Gasteiger partial charge in [0, 0.05) is 12.3 Å². The fraction of sp³-hybridized carbons (Fsp3) is 0.444. The van der Waals surface area contributed by atoms with Gasteiger partial charge in [-0.15, -0.1) is 0 Å². The van der Waals surface area contributed by atoms with Crippen molar-refractivity contribution in [1.82, 2.24) is 4.98 Å². The van der Waals surface area contributed by atoms with Crippen LogP contribution in [0.15, 0.2) is 18.3 Å². The molecular weight excluding hydrogens is 168 g/mol. The second-order valence-corrected chi connectivity index (χ2v) is 2.64. The molecule has 1 aromatic heterocycles. The zero-order valence-corrected chi connectivity index (χ0v) is 7.60. The molecule has 0 spiro atoms. The molecule has 4 heteroatoms. The highest BCUT2D eigenvalue weighted by Gasteiger charge is 2.06. The average Bonchev–Trinajstić information content (AvgIpc) is 2.18. The summed E-state index contributed by atoms with van der Waals surface area (Å²) in [5.41, 5.74) is 6.24. The van der Waals surface area contributed by atoms with Gasteiger partial charge >= 0.3 is 0 Å². The molecule has 0 aliphatic carbocycles. The van der Waals surface area contributed by atoms with Crippen LogP contribution in [0.5, 0.6) is 5.75 Å². The Morgan fingerprint density at radius 2 is 2.46 bits per heavy atom. The number of aromatic nitrogens is 1. The van der Waals surface area contributed by atoms with Gasteiger partial charge in [0.05, 0.1) is 24.9 Å². The van der Waals surface area contributed by atoms with Crippen molar-refractivity contribution in [2.24, 2.45) is 5.73 Å². The minimum absolute atomic E-state index is 0.109. The molecule has 0 bridgehead atoms. The molecule has 0 radical (unpaired) electrons. The van der Waals surface area contributed by atoms with Gasteiger partial charge in [-0.05, 0) is 13.0 Å². The molecule has 0 fully saturated rings. The Kier molecular flexibility index (Phi) is 3.67. The third-order valence-corrected chi connectivity index (χ3v) is 1.64. The summed E-state index contributed by atoms with van der Waals surface area (Å²) in [6.07, 6.45) is 1.62. The zero-order valence-electron chi connectivity index (χ0n) is 7.60. The molecular formula is C9H14N2O2. The van der Waals surface area contributed by atoms with Crippen LogP contribution >= 0.6 is 0 Å². The summed E-state index contributed by atoms with van der Waals surface area (Å²) >= 11 is 0. The van der Waals surface area contributed by atoms with Crippen molar-refractivity contribution in [3.63, 3.8) is 0 Å². The Labute approximate surface area is 77.4 Å². The van der Waals surface area contributed by atoms with Crippen molar-refractivity contribution in [2.45, 2.75) is 13.0 Å². The molecule has 72 valence electrons. The quantitative estimate of drug-likeness (QED) is 0.710. The minimum atomic E-state index is -0.430. The maximum absolute atomic E-state index is 8.80. The number of rotatable bonds is 4. The molecule has 0 aromatic carbocycles. The second-order valence-electron chi connectivity index (χ2n) is 2.64. The molecule has 0 aliphatic rings. The van der Waals surface area contributed by atoms with E-state index in [0.717, 1.165) is 5.75 Å². The molecule has 0 saturated heterocycles. The fourth-order valence-corrected chi connectivity index (χ4v) is 0.981. The fourth-order valence-electron chi connectivity index (χ4n) is 0.981. The monoisotopic (exact) mass is 182 g/mol. The van der Waals surface area contributed by atoms with Crippen molar-refractivity contribution >= 4 is 0 Å². The maximum atomic E-state index is 8.80. The summed E-state index contributed by atoms with van der Waals surface area (Å²) in [5, 5.41) is 8.80. The van der Waals surface area contributed by atoms with Crippen LogP contribution in [-0.4, -0.2) is 23.3 Å². The number of hydrogen-bond acceptors (Lipinski definition) is 4. The number of nitrogens with zero attached hydrogens (tertiary/aromatic N) is 1. The van der Waals surface area contributed by atoms with Crippen molar-refractivity contribution in [3.05, 3.63) is 24.0 Å². The predicted octanol–water partition coefficient (Wildman–Crippen LogP) is 0.472. The van der Waals surface area contributed by atoms with Crippen LogP contribution in [0.3, 0.4) is 0 Å². The minimum Gasteiger partial charge on any atom is -0.494 e. The van der Waals surface area contributed by atoms with Crippen LogP contribution in [0, 0.1) is 0 Å². The van der Waals surface area contributed by atoms with E-state index in [1.807, 2.05) is 6.92 Å². The molecule has 3 N–H and O–H groups in total. The predicted molar refractivity (Wildman–Crippen MR) is 49.4 cm³/mol. The van der Waals surface area contributed by atoms with Crippen molar-refractivity contribution in [1.29, 1.82) is 0 Å². The Balaban J connectivity index is 2.78. The lowest BCUT2D eigenvalue weighted by atomic mass is 10.2. The van der Waals surface area contributed by atoms with E-state index in [1.54, 1.807) is 18.3 Å². The zero-order chi connectivity index (χ0) is 9.68. The highest BCUT2D eigenvalue weighted by molar-refractivity contribution is 5.24. The van der Waals surface area contributed by atoms with E-state index in [1.165, 1.54) is 0 Å². The van der Waals surface area contributed by atoms with Crippen LogP contribution in [0.2, 0.25) is 0 Å². The Hall–Kier alpha value is -1.13. The molecule has 0 saturated carbocycles. The first-order valence-corrected chi connectivity index (χ1v) is 4.23. The first kappa shape index (κ1) is 9.95. The summed E-state index contributed by atoms with van der Waals surface area (Å²) < 4.78 is 5.26. The normalized spacial score (nSPS) is 12.5. The van der Waals surface area contributed by atoms with Crippen LogP contribution in [0.25, 0.3) is 0 Å². The van der Waals surface area contributed by atoms with Crippen LogP contribution < -0.4 is 10.5 Å². The number of hydrogen-bond donors (Lipinski definition) is 2. The first-order chi connectivity index (χ1) is 6.27. The smallest absolute Gasteiger partial charge is 0.122 e. The van der Waals surface area contributed by atoms with Crippen molar-refractivity contribution < 1.29 is 9.84 Å². The van der Waals surface area contributed by atoms with Gasteiger partial charge in [-0.1, -0.05) is 0 Å². The lowest BCUT2D eigenvalue weighted by Crippen LogP contribution is -2.15. The summed E-state index contributed by atoms with van der Waals surface area (Å²) in [4.78, 5) is 4.03. The van der Waals surface area contributed by atoms with Crippen molar-refractivity contribution in [2.75, 3.05) is 13.2 Å². The summed E-state index contributed by atoms with van der Waals surface area (Å²) in [7, 11) is 0. The van der Waals surface area contributed by atoms with E-state index in [0.29, 0.717) is 12.3 Å². The van der Waals surface area contributed by atoms with Gasteiger partial charge in [0.15, 0.2) is 0 Å². The van der Waals surface area contributed by atoms with Crippen LogP contribution in [-0.2, 0) is 0 Å². The van der Waals surface area contributed by atoms with Gasteiger partial charge < -0.3 is 15.6 Å². The summed E-state index contributed by atoms with van der Waals surface area (Å²) in [5.74, 6) is 0.733. The van der Waals surface area contributed by atoms with Gasteiger partial charge in [-0.2, -0.15) is 0 Å². The third kappa shape index (κ3) is 2.68. The van der Waals surface area contributed by atoms with Crippen LogP contribution in [0.1, 0.15) is 18.7 Å². The molecule has 1 rings (SSSR count). The lowest BCUT2D eigenvalue weighted by molar-refractivity contribution is 0.265. The van der Waals surface area contributed by atoms with Gasteiger partial charge in [0.25, 0.3) is 0 Å². The molecule has 13 heavy (non-hydrogen) atoms. The Morgan fingerprint density at radius 1 is 1.69 bits per heavy atom. The lowest BCUT2D eigenvalue weighted by Gasteiger charge is -2.09. The first-order valence-electron chi connectivity index (χ1n) is 4.23. The topological polar surface area (TPSA) is 68.4 Å². The largest absolute Gasteiger partial charge is 0.494 e. The van der Waals surface area contributed by atoms with E-state index in [4.69, 9.17) is 15.6 Å². The molecule has 0 aliphatic heterocycles. The van der Waals surface area contributed by atoms with Gasteiger partial charge in [-0.25, -0.2) is 0 Å². The molecule has 1 unspecified atom stereocenters. The Bertz CT molecular complexity index is 266. The summed E-state index contributed by atoms with van der Waals surface area (Å²) in [6, 6.07) is 3.07. The number of aliphatic hydroxyl groups excluding tert-OH is 1. The van der Waals surface area contributed by atoms with E-state index < -0.39 is 6.04 Å². The van der Waals surface area contributed by atoms with Gasteiger partial charge in [0.2, 0.25) is 0 Å². The van der Waals surface area contributed by atoms with Gasteiger partial charge in [-0.3, -0.25) is 4.98 Å². The maximum Gasteiger partial charge on any atom is 0.122 e. The number of aliphatic hydroxyl groups is 1. The molecule has 1 aromatic rings. The number of ether oxygens (including phenoxy) is 1. The highest BCUT2D eigenvalue weighted by Crippen LogP contribution is 2.14. The van der Waals surface area contributed by atoms with E-state index >= 15 is 0 Å². The molecule has 1 atom stereocenters. The molecule has 0 amide bonds. The average molecular weight is 182 g/mol.